The van der Waals surface area contributed by atoms with Gasteiger partial charge in [-0.05, 0) is 80.8 Å². The molecule has 3 heteroatoms. The van der Waals surface area contributed by atoms with Gasteiger partial charge in [0.05, 0.1) is 6.10 Å². The zero-order valence-corrected chi connectivity index (χ0v) is 16.6. The number of hydrogen-bond acceptors (Lipinski definition) is 3. The Morgan fingerprint density at radius 3 is 2.64 bits per heavy atom. The molecule has 0 amide bonds. The van der Waals surface area contributed by atoms with Crippen LogP contribution in [0.3, 0.4) is 0 Å². The third-order valence-electron chi connectivity index (χ3n) is 5.91. The summed E-state index contributed by atoms with van der Waals surface area (Å²) in [5.41, 5.74) is 2.52. The second-order valence-corrected chi connectivity index (χ2v) is 7.95. The highest BCUT2D eigenvalue weighted by Gasteiger charge is 2.24. The van der Waals surface area contributed by atoms with Crippen molar-refractivity contribution in [1.29, 1.82) is 0 Å². The molecule has 148 valence electrons. The van der Waals surface area contributed by atoms with Crippen molar-refractivity contribution in [1.82, 2.24) is 5.32 Å². The molecule has 1 heterocycles. The molecule has 1 unspecified atom stereocenters. The third kappa shape index (κ3) is 4.77. The summed E-state index contributed by atoms with van der Waals surface area (Å²) in [4.78, 5) is 0. The molecule has 2 aromatic carbocycles. The van der Waals surface area contributed by atoms with E-state index in [1.54, 1.807) is 0 Å². The molecular weight excluding hydrogens is 346 g/mol. The van der Waals surface area contributed by atoms with Gasteiger partial charge in [0, 0.05) is 6.04 Å². The highest BCUT2D eigenvalue weighted by molar-refractivity contribution is 5.42. The standard InChI is InChI=1S/C25H31NO2/c1-2-3-17-26-21-10-12-22(13-11-21)27-23-14-16-25-20(18-23)9-15-24(28-25)19-7-5-4-6-8-19/h2,4-8,14,16,18,21-22,24,26H,1,3,9-13,15,17H2. The van der Waals surface area contributed by atoms with Gasteiger partial charge in [-0.15, -0.1) is 6.58 Å². The predicted octanol–water partition coefficient (Wildman–Crippen LogP) is 5.61. The van der Waals surface area contributed by atoms with Gasteiger partial charge in [-0.1, -0.05) is 36.4 Å². The summed E-state index contributed by atoms with van der Waals surface area (Å²) in [7, 11) is 0. The summed E-state index contributed by atoms with van der Waals surface area (Å²) in [5, 5.41) is 3.62. The number of hydrogen-bond donors (Lipinski definition) is 1. The summed E-state index contributed by atoms with van der Waals surface area (Å²) < 4.78 is 12.6. The molecule has 0 bridgehead atoms. The topological polar surface area (TPSA) is 30.5 Å². The van der Waals surface area contributed by atoms with Crippen molar-refractivity contribution in [2.45, 2.75) is 63.2 Å². The SMILES string of the molecule is C=CCCNC1CCC(Oc2ccc3c(c2)CCC(c2ccccc2)O3)CC1. The number of rotatable bonds is 7. The van der Waals surface area contributed by atoms with Crippen LogP contribution >= 0.6 is 0 Å². The molecule has 0 aromatic heterocycles. The minimum Gasteiger partial charge on any atom is -0.490 e. The van der Waals surface area contributed by atoms with E-state index in [0.717, 1.165) is 50.1 Å². The van der Waals surface area contributed by atoms with Gasteiger partial charge >= 0.3 is 0 Å². The highest BCUT2D eigenvalue weighted by atomic mass is 16.5. The zero-order chi connectivity index (χ0) is 19.2. The van der Waals surface area contributed by atoms with E-state index >= 15 is 0 Å². The first kappa shape index (κ1) is 19.1. The van der Waals surface area contributed by atoms with Crippen LogP contribution in [-0.2, 0) is 6.42 Å². The first-order chi connectivity index (χ1) is 13.8. The maximum atomic E-state index is 6.31. The molecule has 1 aliphatic carbocycles. The van der Waals surface area contributed by atoms with E-state index in [1.165, 1.54) is 24.0 Å². The van der Waals surface area contributed by atoms with Gasteiger partial charge in [0.25, 0.3) is 0 Å². The molecule has 2 aromatic rings. The lowest BCUT2D eigenvalue weighted by molar-refractivity contribution is 0.138. The third-order valence-corrected chi connectivity index (χ3v) is 5.91. The van der Waals surface area contributed by atoms with E-state index in [2.05, 4.69) is 60.4 Å². The van der Waals surface area contributed by atoms with Gasteiger partial charge in [-0.25, -0.2) is 0 Å². The lowest BCUT2D eigenvalue weighted by atomic mass is 9.92. The van der Waals surface area contributed by atoms with E-state index in [1.807, 2.05) is 6.08 Å². The van der Waals surface area contributed by atoms with Crippen LogP contribution in [0, 0.1) is 0 Å². The Bertz CT molecular complexity index is 765. The average Bonchev–Trinajstić information content (AvgIpc) is 2.75. The fraction of sp³-hybridized carbons (Fsp3) is 0.440. The van der Waals surface area contributed by atoms with Gasteiger partial charge in [0.15, 0.2) is 0 Å². The number of ether oxygens (including phenoxy) is 2. The molecule has 0 saturated heterocycles. The summed E-state index contributed by atoms with van der Waals surface area (Å²) in [6.07, 6.45) is 10.2. The van der Waals surface area contributed by atoms with Crippen molar-refractivity contribution >= 4 is 0 Å². The Morgan fingerprint density at radius 1 is 1.04 bits per heavy atom. The fourth-order valence-corrected chi connectivity index (χ4v) is 4.31. The molecule has 0 spiro atoms. The molecule has 1 fully saturated rings. The Kier molecular flexibility index (Phi) is 6.33. The van der Waals surface area contributed by atoms with Crippen molar-refractivity contribution in [3.8, 4) is 11.5 Å². The Labute approximate surface area is 168 Å². The second kappa shape index (κ2) is 9.29. The van der Waals surface area contributed by atoms with Crippen molar-refractivity contribution in [2.24, 2.45) is 0 Å². The lowest BCUT2D eigenvalue weighted by Gasteiger charge is -2.30. The highest BCUT2D eigenvalue weighted by Crippen LogP contribution is 2.37. The monoisotopic (exact) mass is 377 g/mol. The van der Waals surface area contributed by atoms with Gasteiger partial charge < -0.3 is 14.8 Å². The van der Waals surface area contributed by atoms with Crippen molar-refractivity contribution < 1.29 is 9.47 Å². The predicted molar refractivity (Wildman–Crippen MR) is 114 cm³/mol. The van der Waals surface area contributed by atoms with Crippen LogP contribution in [0.5, 0.6) is 11.5 Å². The Morgan fingerprint density at radius 2 is 1.86 bits per heavy atom. The molecule has 1 saturated carbocycles. The maximum absolute atomic E-state index is 6.31. The Balaban J connectivity index is 1.30. The van der Waals surface area contributed by atoms with Crippen LogP contribution in [0.25, 0.3) is 0 Å². The van der Waals surface area contributed by atoms with Crippen LogP contribution in [0.1, 0.15) is 55.8 Å². The van der Waals surface area contributed by atoms with E-state index in [9.17, 15) is 0 Å². The van der Waals surface area contributed by atoms with Crippen LogP contribution in [0.15, 0.2) is 61.2 Å². The lowest BCUT2D eigenvalue weighted by Crippen LogP contribution is -2.36. The molecule has 1 atom stereocenters. The first-order valence-corrected chi connectivity index (χ1v) is 10.7. The first-order valence-electron chi connectivity index (χ1n) is 10.7. The molecule has 3 nitrogen and oxygen atoms in total. The van der Waals surface area contributed by atoms with Crippen molar-refractivity contribution in [2.75, 3.05) is 6.54 Å². The number of aryl methyl sites for hydroxylation is 1. The smallest absolute Gasteiger partial charge is 0.124 e. The summed E-state index contributed by atoms with van der Waals surface area (Å²) in [6, 6.07) is 17.5. The summed E-state index contributed by atoms with van der Waals surface area (Å²) in [6.45, 7) is 4.82. The van der Waals surface area contributed by atoms with E-state index in [4.69, 9.17) is 9.47 Å². The zero-order valence-electron chi connectivity index (χ0n) is 16.6. The normalized spacial score (nSPS) is 24.1. The number of benzene rings is 2. The quantitative estimate of drug-likeness (QED) is 0.503. The van der Waals surface area contributed by atoms with Crippen LogP contribution in [0.2, 0.25) is 0 Å². The summed E-state index contributed by atoms with van der Waals surface area (Å²) in [5.74, 6) is 1.99. The van der Waals surface area contributed by atoms with Crippen LogP contribution in [-0.4, -0.2) is 18.7 Å². The van der Waals surface area contributed by atoms with Gasteiger partial charge in [0.1, 0.15) is 17.6 Å². The van der Waals surface area contributed by atoms with Gasteiger partial charge in [-0.3, -0.25) is 0 Å². The minimum absolute atomic E-state index is 0.157. The number of nitrogens with one attached hydrogen (secondary N) is 1. The largest absolute Gasteiger partial charge is 0.490 e. The van der Waals surface area contributed by atoms with Crippen molar-refractivity contribution in [3.05, 3.63) is 72.3 Å². The summed E-state index contributed by atoms with van der Waals surface area (Å²) >= 11 is 0. The van der Waals surface area contributed by atoms with Gasteiger partial charge in [-0.2, -0.15) is 0 Å². The molecule has 1 aliphatic heterocycles. The van der Waals surface area contributed by atoms with Gasteiger partial charge in [0.2, 0.25) is 0 Å². The average molecular weight is 378 g/mol. The van der Waals surface area contributed by atoms with E-state index < -0.39 is 0 Å². The minimum atomic E-state index is 0.157. The molecule has 2 aliphatic rings. The fourth-order valence-electron chi connectivity index (χ4n) is 4.31. The number of fused-ring (bicyclic) bond motifs is 1. The second-order valence-electron chi connectivity index (χ2n) is 7.95. The van der Waals surface area contributed by atoms with Crippen LogP contribution < -0.4 is 14.8 Å². The molecule has 28 heavy (non-hydrogen) atoms. The Hall–Kier alpha value is -2.26. The van der Waals surface area contributed by atoms with Crippen LogP contribution in [0.4, 0.5) is 0 Å². The molecular formula is C25H31NO2. The van der Waals surface area contributed by atoms with Crippen molar-refractivity contribution in [3.63, 3.8) is 0 Å². The molecule has 0 radical (unpaired) electrons. The molecule has 1 N–H and O–H groups in total. The maximum Gasteiger partial charge on any atom is 0.124 e. The van der Waals surface area contributed by atoms with E-state index in [-0.39, 0.29) is 6.10 Å². The molecule has 4 rings (SSSR count). The van der Waals surface area contributed by atoms with E-state index in [0.29, 0.717) is 12.1 Å².